The van der Waals surface area contributed by atoms with Crippen LogP contribution >= 0.6 is 11.6 Å². The zero-order chi connectivity index (χ0) is 13.5. The molecule has 3 nitrogen and oxygen atoms in total. The first-order valence-corrected chi connectivity index (χ1v) is 6.70. The summed E-state index contributed by atoms with van der Waals surface area (Å²) >= 11 is 6.34. The number of benzene rings is 1. The van der Waals surface area contributed by atoms with Crippen molar-refractivity contribution in [3.05, 3.63) is 28.8 Å². The van der Waals surface area contributed by atoms with Gasteiger partial charge in [-0.3, -0.25) is 0 Å². The quantitative estimate of drug-likeness (QED) is 0.824. The van der Waals surface area contributed by atoms with Crippen LogP contribution in [-0.4, -0.2) is 33.9 Å². The van der Waals surface area contributed by atoms with Crippen LogP contribution in [-0.2, 0) is 4.74 Å². The van der Waals surface area contributed by atoms with E-state index in [4.69, 9.17) is 16.3 Å². The SMILES string of the molecule is CCNC(C)c1ccc(N(C)CCOC)cc1Cl. The fourth-order valence-corrected chi connectivity index (χ4v) is 2.22. The molecule has 18 heavy (non-hydrogen) atoms. The third-order valence-corrected chi connectivity index (χ3v) is 3.36. The highest BCUT2D eigenvalue weighted by Gasteiger charge is 2.10. The van der Waals surface area contributed by atoms with Gasteiger partial charge in [-0.1, -0.05) is 24.6 Å². The molecule has 1 rings (SSSR count). The van der Waals surface area contributed by atoms with E-state index in [1.54, 1.807) is 7.11 Å². The number of hydrogen-bond donors (Lipinski definition) is 1. The van der Waals surface area contributed by atoms with Gasteiger partial charge in [0.05, 0.1) is 6.61 Å². The number of likely N-dealkylation sites (N-methyl/N-ethyl adjacent to an activating group) is 1. The van der Waals surface area contributed by atoms with Crippen molar-refractivity contribution in [2.24, 2.45) is 0 Å². The Morgan fingerprint density at radius 3 is 2.72 bits per heavy atom. The highest BCUT2D eigenvalue weighted by molar-refractivity contribution is 6.31. The highest BCUT2D eigenvalue weighted by atomic mass is 35.5. The first-order valence-electron chi connectivity index (χ1n) is 6.33. The first kappa shape index (κ1) is 15.3. The molecule has 0 spiro atoms. The van der Waals surface area contributed by atoms with E-state index in [1.807, 2.05) is 13.1 Å². The minimum Gasteiger partial charge on any atom is -0.383 e. The summed E-state index contributed by atoms with van der Waals surface area (Å²) in [5, 5.41) is 4.18. The van der Waals surface area contributed by atoms with Crippen LogP contribution in [0.2, 0.25) is 5.02 Å². The maximum atomic E-state index is 6.34. The maximum absolute atomic E-state index is 6.34. The molecule has 4 heteroatoms. The van der Waals surface area contributed by atoms with Gasteiger partial charge in [-0.25, -0.2) is 0 Å². The van der Waals surface area contributed by atoms with Crippen molar-refractivity contribution in [3.63, 3.8) is 0 Å². The van der Waals surface area contributed by atoms with Gasteiger partial charge in [0, 0.05) is 37.5 Å². The lowest BCUT2D eigenvalue weighted by molar-refractivity contribution is 0.206. The molecule has 1 N–H and O–H groups in total. The molecular weight excluding hydrogens is 248 g/mol. The fourth-order valence-electron chi connectivity index (χ4n) is 1.88. The second-order valence-electron chi connectivity index (χ2n) is 4.40. The normalized spacial score (nSPS) is 12.5. The van der Waals surface area contributed by atoms with Crippen LogP contribution in [0.15, 0.2) is 18.2 Å². The Morgan fingerprint density at radius 2 is 2.17 bits per heavy atom. The zero-order valence-corrected chi connectivity index (χ0v) is 12.4. The molecule has 0 aliphatic rings. The summed E-state index contributed by atoms with van der Waals surface area (Å²) in [6.45, 7) is 6.72. The molecule has 1 aromatic carbocycles. The molecule has 0 fully saturated rings. The van der Waals surface area contributed by atoms with E-state index in [9.17, 15) is 0 Å². The average Bonchev–Trinajstić information content (AvgIpc) is 2.35. The van der Waals surface area contributed by atoms with Gasteiger partial charge in [-0.05, 0) is 31.2 Å². The molecule has 0 aliphatic heterocycles. The summed E-state index contributed by atoms with van der Waals surface area (Å²) in [6, 6.07) is 6.49. The van der Waals surface area contributed by atoms with E-state index < -0.39 is 0 Å². The van der Waals surface area contributed by atoms with Crippen LogP contribution in [0.1, 0.15) is 25.5 Å². The van der Waals surface area contributed by atoms with Crippen molar-refractivity contribution < 1.29 is 4.74 Å². The standard InChI is InChI=1S/C14H23ClN2O/c1-5-16-11(2)13-7-6-12(10-14(13)15)17(3)8-9-18-4/h6-7,10-11,16H,5,8-9H2,1-4H3. The van der Waals surface area contributed by atoms with Gasteiger partial charge in [0.15, 0.2) is 0 Å². The number of halogens is 1. The van der Waals surface area contributed by atoms with Crippen LogP contribution in [0.4, 0.5) is 5.69 Å². The first-order chi connectivity index (χ1) is 8.60. The number of nitrogens with zero attached hydrogens (tertiary/aromatic N) is 1. The van der Waals surface area contributed by atoms with E-state index in [1.165, 1.54) is 0 Å². The van der Waals surface area contributed by atoms with Crippen LogP contribution < -0.4 is 10.2 Å². The van der Waals surface area contributed by atoms with Crippen molar-refractivity contribution in [2.75, 3.05) is 38.8 Å². The van der Waals surface area contributed by atoms with Crippen molar-refractivity contribution >= 4 is 17.3 Å². The second kappa shape index (κ2) is 7.62. The molecular formula is C14H23ClN2O. The topological polar surface area (TPSA) is 24.5 Å². The molecule has 1 aromatic rings. The van der Waals surface area contributed by atoms with E-state index in [2.05, 4.69) is 36.2 Å². The third kappa shape index (κ3) is 4.16. The number of anilines is 1. The molecule has 102 valence electrons. The molecule has 1 atom stereocenters. The van der Waals surface area contributed by atoms with Gasteiger partial charge in [-0.15, -0.1) is 0 Å². The monoisotopic (exact) mass is 270 g/mol. The summed E-state index contributed by atoms with van der Waals surface area (Å²) in [5.41, 5.74) is 2.26. The number of hydrogen-bond acceptors (Lipinski definition) is 3. The summed E-state index contributed by atoms with van der Waals surface area (Å²) in [5.74, 6) is 0. The number of methoxy groups -OCH3 is 1. The minimum absolute atomic E-state index is 0.279. The van der Waals surface area contributed by atoms with Crippen molar-refractivity contribution in [1.29, 1.82) is 0 Å². The lowest BCUT2D eigenvalue weighted by Gasteiger charge is -2.21. The van der Waals surface area contributed by atoms with Crippen LogP contribution in [0.5, 0.6) is 0 Å². The highest BCUT2D eigenvalue weighted by Crippen LogP contribution is 2.27. The van der Waals surface area contributed by atoms with Crippen LogP contribution in [0, 0.1) is 0 Å². The summed E-state index contributed by atoms with van der Waals surface area (Å²) in [4.78, 5) is 2.14. The van der Waals surface area contributed by atoms with Crippen LogP contribution in [0.25, 0.3) is 0 Å². The van der Waals surface area contributed by atoms with Gasteiger partial charge < -0.3 is 15.0 Å². The van der Waals surface area contributed by atoms with Gasteiger partial charge in [0.1, 0.15) is 0 Å². The van der Waals surface area contributed by atoms with E-state index in [-0.39, 0.29) is 6.04 Å². The Morgan fingerprint density at radius 1 is 1.44 bits per heavy atom. The van der Waals surface area contributed by atoms with Gasteiger partial charge >= 0.3 is 0 Å². The van der Waals surface area contributed by atoms with E-state index in [0.29, 0.717) is 6.61 Å². The Bertz CT molecular complexity index is 371. The Labute approximate surface area is 115 Å². The molecule has 1 unspecified atom stereocenters. The fraction of sp³-hybridized carbons (Fsp3) is 0.571. The predicted molar refractivity (Wildman–Crippen MR) is 78.7 cm³/mol. The number of nitrogens with one attached hydrogen (secondary N) is 1. The minimum atomic E-state index is 0.279. The van der Waals surface area contributed by atoms with E-state index >= 15 is 0 Å². The Hall–Kier alpha value is -0.770. The Kier molecular flexibility index (Phi) is 6.47. The van der Waals surface area contributed by atoms with Gasteiger partial charge in [0.25, 0.3) is 0 Å². The molecule has 0 saturated carbocycles. The lowest BCUT2D eigenvalue weighted by Crippen LogP contribution is -2.22. The van der Waals surface area contributed by atoms with Crippen LogP contribution in [0.3, 0.4) is 0 Å². The largest absolute Gasteiger partial charge is 0.383 e. The summed E-state index contributed by atoms with van der Waals surface area (Å²) in [7, 11) is 3.75. The maximum Gasteiger partial charge on any atom is 0.0637 e. The molecule has 0 heterocycles. The number of rotatable bonds is 7. The zero-order valence-electron chi connectivity index (χ0n) is 11.7. The smallest absolute Gasteiger partial charge is 0.0637 e. The summed E-state index contributed by atoms with van der Waals surface area (Å²) in [6.07, 6.45) is 0. The molecule has 0 amide bonds. The Balaban J connectivity index is 2.78. The average molecular weight is 271 g/mol. The molecule has 0 aromatic heterocycles. The van der Waals surface area contributed by atoms with Gasteiger partial charge in [0.2, 0.25) is 0 Å². The predicted octanol–water partition coefficient (Wildman–Crippen LogP) is 3.09. The van der Waals surface area contributed by atoms with Crippen molar-refractivity contribution in [2.45, 2.75) is 19.9 Å². The lowest BCUT2D eigenvalue weighted by atomic mass is 10.1. The van der Waals surface area contributed by atoms with Gasteiger partial charge in [-0.2, -0.15) is 0 Å². The number of ether oxygens (including phenoxy) is 1. The molecule has 0 radical (unpaired) electrons. The molecule has 0 aliphatic carbocycles. The third-order valence-electron chi connectivity index (χ3n) is 3.03. The second-order valence-corrected chi connectivity index (χ2v) is 4.81. The summed E-state index contributed by atoms with van der Waals surface area (Å²) < 4.78 is 5.07. The van der Waals surface area contributed by atoms with E-state index in [0.717, 1.165) is 29.4 Å². The molecule has 0 bridgehead atoms. The molecule has 0 saturated heterocycles. The van der Waals surface area contributed by atoms with Crippen molar-refractivity contribution in [3.8, 4) is 0 Å². The van der Waals surface area contributed by atoms with Crippen molar-refractivity contribution in [1.82, 2.24) is 5.32 Å².